The van der Waals surface area contributed by atoms with Crippen LogP contribution in [0, 0.1) is 5.92 Å². The predicted octanol–water partition coefficient (Wildman–Crippen LogP) is 3.27. The minimum Gasteiger partial charge on any atom is -0.309 e. The molecule has 19 heavy (non-hydrogen) atoms. The molecule has 0 amide bonds. The molecule has 1 aromatic heterocycles. The lowest BCUT2D eigenvalue weighted by atomic mass is 9.98. The second-order valence-corrected chi connectivity index (χ2v) is 9.13. The van der Waals surface area contributed by atoms with Crippen molar-refractivity contribution in [2.45, 2.75) is 32.2 Å². The Hall–Kier alpha value is -0.100. The molecule has 108 valence electrons. The second-order valence-electron chi connectivity index (χ2n) is 5.15. The fourth-order valence-electron chi connectivity index (χ4n) is 2.53. The van der Waals surface area contributed by atoms with Gasteiger partial charge in [0.05, 0.1) is 15.8 Å². The molecule has 1 fully saturated rings. The maximum atomic E-state index is 11.5. The molecule has 2 rings (SSSR count). The van der Waals surface area contributed by atoms with Crippen molar-refractivity contribution in [3.8, 4) is 0 Å². The summed E-state index contributed by atoms with van der Waals surface area (Å²) < 4.78 is 23.9. The largest absolute Gasteiger partial charge is 0.309 e. The standard InChI is InChI=1S/C13H20ClNO2S2/c1-2-6-15-11(12-3-4-13(14)18-12)8-10-5-7-19(16,17)9-10/h3-4,10-11,15H,2,5-9H2,1H3. The van der Waals surface area contributed by atoms with Crippen molar-refractivity contribution in [3.05, 3.63) is 21.3 Å². The average molecular weight is 322 g/mol. The molecule has 0 radical (unpaired) electrons. The molecular weight excluding hydrogens is 302 g/mol. The third-order valence-corrected chi connectivity index (χ3v) is 6.66. The maximum Gasteiger partial charge on any atom is 0.150 e. The van der Waals surface area contributed by atoms with E-state index in [-0.39, 0.29) is 12.0 Å². The van der Waals surface area contributed by atoms with E-state index in [1.54, 1.807) is 11.3 Å². The minimum absolute atomic E-state index is 0.232. The van der Waals surface area contributed by atoms with Gasteiger partial charge in [-0.15, -0.1) is 11.3 Å². The number of hydrogen-bond donors (Lipinski definition) is 1. The van der Waals surface area contributed by atoms with E-state index in [2.05, 4.69) is 12.2 Å². The van der Waals surface area contributed by atoms with E-state index in [9.17, 15) is 8.42 Å². The highest BCUT2D eigenvalue weighted by Gasteiger charge is 2.30. The number of hydrogen-bond acceptors (Lipinski definition) is 4. The first-order valence-electron chi connectivity index (χ1n) is 6.69. The van der Waals surface area contributed by atoms with Gasteiger partial charge < -0.3 is 5.32 Å². The average Bonchev–Trinajstić information content (AvgIpc) is 2.91. The zero-order valence-electron chi connectivity index (χ0n) is 11.1. The second kappa shape index (κ2) is 6.57. The number of nitrogens with one attached hydrogen (secondary N) is 1. The molecule has 0 saturated carbocycles. The van der Waals surface area contributed by atoms with Gasteiger partial charge in [-0.3, -0.25) is 0 Å². The molecule has 3 nitrogen and oxygen atoms in total. The van der Waals surface area contributed by atoms with Gasteiger partial charge in [-0.25, -0.2) is 8.42 Å². The summed E-state index contributed by atoms with van der Waals surface area (Å²) >= 11 is 7.58. The maximum absolute atomic E-state index is 11.5. The van der Waals surface area contributed by atoms with Gasteiger partial charge in [0.15, 0.2) is 9.84 Å². The molecular formula is C13H20ClNO2S2. The van der Waals surface area contributed by atoms with Crippen molar-refractivity contribution in [2.75, 3.05) is 18.1 Å². The molecule has 0 aliphatic carbocycles. The molecule has 2 atom stereocenters. The van der Waals surface area contributed by atoms with Gasteiger partial charge in [0.2, 0.25) is 0 Å². The minimum atomic E-state index is -2.79. The van der Waals surface area contributed by atoms with Gasteiger partial charge in [0, 0.05) is 10.9 Å². The molecule has 0 aromatic carbocycles. The Labute approximate surface area is 124 Å². The van der Waals surface area contributed by atoms with E-state index in [0.717, 1.165) is 30.1 Å². The normalized spacial score (nSPS) is 23.6. The van der Waals surface area contributed by atoms with Crippen LogP contribution in [0.2, 0.25) is 4.34 Å². The van der Waals surface area contributed by atoms with Crippen LogP contribution in [-0.2, 0) is 9.84 Å². The SMILES string of the molecule is CCCNC(CC1CCS(=O)(=O)C1)c1ccc(Cl)s1. The molecule has 1 saturated heterocycles. The van der Waals surface area contributed by atoms with Crippen molar-refractivity contribution in [1.82, 2.24) is 5.32 Å². The molecule has 1 aromatic rings. The lowest BCUT2D eigenvalue weighted by Gasteiger charge is -2.20. The number of rotatable bonds is 6. The van der Waals surface area contributed by atoms with Gasteiger partial charge in [-0.1, -0.05) is 18.5 Å². The summed E-state index contributed by atoms with van der Waals surface area (Å²) in [6, 6.07) is 4.19. The van der Waals surface area contributed by atoms with E-state index in [0.29, 0.717) is 11.5 Å². The highest BCUT2D eigenvalue weighted by molar-refractivity contribution is 7.91. The lowest BCUT2D eigenvalue weighted by Crippen LogP contribution is -2.24. The Morgan fingerprint density at radius 2 is 2.32 bits per heavy atom. The summed E-state index contributed by atoms with van der Waals surface area (Å²) in [4.78, 5) is 1.21. The molecule has 1 aliphatic rings. The summed E-state index contributed by atoms with van der Waals surface area (Å²) in [6.07, 6.45) is 2.75. The van der Waals surface area contributed by atoms with Crippen LogP contribution < -0.4 is 5.32 Å². The molecule has 1 N–H and O–H groups in total. The zero-order chi connectivity index (χ0) is 13.9. The number of sulfone groups is 1. The molecule has 0 spiro atoms. The van der Waals surface area contributed by atoms with Gasteiger partial charge in [-0.2, -0.15) is 0 Å². The third-order valence-electron chi connectivity index (χ3n) is 3.47. The lowest BCUT2D eigenvalue weighted by molar-refractivity contribution is 0.419. The molecule has 2 heterocycles. The molecule has 6 heteroatoms. The van der Waals surface area contributed by atoms with Crippen molar-refractivity contribution >= 4 is 32.8 Å². The van der Waals surface area contributed by atoms with Gasteiger partial charge in [0.1, 0.15) is 0 Å². The van der Waals surface area contributed by atoms with Crippen LogP contribution in [0.15, 0.2) is 12.1 Å². The first kappa shape index (κ1) is 15.3. The van der Waals surface area contributed by atoms with E-state index in [4.69, 9.17) is 11.6 Å². The summed E-state index contributed by atoms with van der Waals surface area (Å²) in [5.41, 5.74) is 0. The Kier molecular flexibility index (Phi) is 5.29. The summed E-state index contributed by atoms with van der Waals surface area (Å²) in [6.45, 7) is 3.07. The smallest absolute Gasteiger partial charge is 0.150 e. The highest BCUT2D eigenvalue weighted by Crippen LogP contribution is 2.33. The highest BCUT2D eigenvalue weighted by atomic mass is 35.5. The van der Waals surface area contributed by atoms with E-state index < -0.39 is 9.84 Å². The van der Waals surface area contributed by atoms with Gasteiger partial charge >= 0.3 is 0 Å². The van der Waals surface area contributed by atoms with Crippen LogP contribution in [0.25, 0.3) is 0 Å². The van der Waals surface area contributed by atoms with Crippen LogP contribution in [0.1, 0.15) is 37.1 Å². The predicted molar refractivity (Wildman–Crippen MR) is 81.7 cm³/mol. The molecule has 1 aliphatic heterocycles. The summed E-state index contributed by atoms with van der Waals surface area (Å²) in [7, 11) is -2.79. The topological polar surface area (TPSA) is 46.2 Å². The quantitative estimate of drug-likeness (QED) is 0.874. The number of halogens is 1. The van der Waals surface area contributed by atoms with Crippen LogP contribution in [0.5, 0.6) is 0 Å². The first-order chi connectivity index (χ1) is 9.00. The van der Waals surface area contributed by atoms with Crippen LogP contribution >= 0.6 is 22.9 Å². The van der Waals surface area contributed by atoms with E-state index in [1.165, 1.54) is 4.88 Å². The number of thiophene rings is 1. The summed E-state index contributed by atoms with van der Waals surface area (Å²) in [5.74, 6) is 0.972. The van der Waals surface area contributed by atoms with Crippen molar-refractivity contribution < 1.29 is 8.42 Å². The van der Waals surface area contributed by atoms with Crippen molar-refractivity contribution in [2.24, 2.45) is 5.92 Å². The van der Waals surface area contributed by atoms with Crippen LogP contribution in [-0.4, -0.2) is 26.5 Å². The fourth-order valence-corrected chi connectivity index (χ4v) is 5.55. The molecule has 0 bridgehead atoms. The van der Waals surface area contributed by atoms with Gasteiger partial charge in [0.25, 0.3) is 0 Å². The zero-order valence-corrected chi connectivity index (χ0v) is 13.5. The van der Waals surface area contributed by atoms with E-state index in [1.807, 2.05) is 12.1 Å². The Morgan fingerprint density at radius 3 is 2.84 bits per heavy atom. The van der Waals surface area contributed by atoms with Crippen LogP contribution in [0.4, 0.5) is 0 Å². The molecule has 2 unspecified atom stereocenters. The monoisotopic (exact) mass is 321 g/mol. The van der Waals surface area contributed by atoms with Crippen LogP contribution in [0.3, 0.4) is 0 Å². The van der Waals surface area contributed by atoms with Crippen molar-refractivity contribution in [1.29, 1.82) is 0 Å². The Bertz CT molecular complexity index is 512. The van der Waals surface area contributed by atoms with E-state index >= 15 is 0 Å². The Morgan fingerprint density at radius 1 is 1.53 bits per heavy atom. The third kappa shape index (κ3) is 4.45. The first-order valence-corrected chi connectivity index (χ1v) is 9.71. The van der Waals surface area contributed by atoms with Crippen molar-refractivity contribution in [3.63, 3.8) is 0 Å². The Balaban J connectivity index is 2.02. The summed E-state index contributed by atoms with van der Waals surface area (Å²) in [5, 5.41) is 3.51. The van der Waals surface area contributed by atoms with Gasteiger partial charge in [-0.05, 0) is 43.9 Å². The fraction of sp³-hybridized carbons (Fsp3) is 0.692.